The summed E-state index contributed by atoms with van der Waals surface area (Å²) in [5, 5.41) is 2.29. The van der Waals surface area contributed by atoms with Crippen LogP contribution in [0.25, 0.3) is 0 Å². The van der Waals surface area contributed by atoms with Gasteiger partial charge in [0.25, 0.3) is 5.91 Å². The smallest absolute Gasteiger partial charge is 0.387 e. The molecule has 0 bridgehead atoms. The molecule has 25 heavy (non-hydrogen) atoms. The molecule has 0 saturated carbocycles. The zero-order chi connectivity index (χ0) is 18.4. The molecule has 0 atom stereocenters. The number of anilines is 1. The van der Waals surface area contributed by atoms with Gasteiger partial charge in [-0.15, -0.1) is 0 Å². The molecule has 5 nitrogen and oxygen atoms in total. The van der Waals surface area contributed by atoms with Gasteiger partial charge in [0.2, 0.25) is 0 Å². The number of halogens is 3. The van der Waals surface area contributed by atoms with Gasteiger partial charge in [0.15, 0.2) is 6.61 Å². The average molecular weight is 353 g/mol. The number of alkyl halides is 2. The number of nitrogens with one attached hydrogen (secondary N) is 1. The van der Waals surface area contributed by atoms with Crippen LogP contribution in [-0.2, 0) is 9.53 Å². The molecule has 2 rings (SSSR count). The second-order valence-corrected chi connectivity index (χ2v) is 4.96. The summed E-state index contributed by atoms with van der Waals surface area (Å²) in [7, 11) is 0. The lowest BCUT2D eigenvalue weighted by Crippen LogP contribution is -2.21. The van der Waals surface area contributed by atoms with Crippen molar-refractivity contribution in [1.29, 1.82) is 0 Å². The van der Waals surface area contributed by atoms with E-state index < -0.39 is 30.9 Å². The van der Waals surface area contributed by atoms with E-state index in [0.29, 0.717) is 5.56 Å². The molecule has 132 valence electrons. The van der Waals surface area contributed by atoms with Gasteiger partial charge in [-0.3, -0.25) is 4.79 Å². The van der Waals surface area contributed by atoms with Gasteiger partial charge < -0.3 is 14.8 Å². The molecule has 0 aliphatic heterocycles. The number of esters is 1. The van der Waals surface area contributed by atoms with Crippen LogP contribution in [-0.4, -0.2) is 25.1 Å². The van der Waals surface area contributed by atoms with Crippen LogP contribution in [0.1, 0.15) is 15.9 Å². The number of hydrogen-bond acceptors (Lipinski definition) is 4. The van der Waals surface area contributed by atoms with E-state index >= 15 is 0 Å². The van der Waals surface area contributed by atoms with Crippen LogP contribution in [0.3, 0.4) is 0 Å². The molecule has 0 radical (unpaired) electrons. The number of ether oxygens (including phenoxy) is 2. The molecule has 0 heterocycles. The summed E-state index contributed by atoms with van der Waals surface area (Å²) in [5.74, 6) is -2.44. The quantitative estimate of drug-likeness (QED) is 0.807. The fourth-order valence-electron chi connectivity index (χ4n) is 1.89. The van der Waals surface area contributed by atoms with Crippen molar-refractivity contribution >= 4 is 17.6 Å². The van der Waals surface area contributed by atoms with Gasteiger partial charge in [-0.25, -0.2) is 9.18 Å². The molecule has 1 amide bonds. The van der Waals surface area contributed by atoms with Gasteiger partial charge in [-0.1, -0.05) is 18.2 Å². The maximum atomic E-state index is 13.4. The van der Waals surface area contributed by atoms with Crippen molar-refractivity contribution in [3.63, 3.8) is 0 Å². The van der Waals surface area contributed by atoms with Crippen LogP contribution < -0.4 is 10.1 Å². The van der Waals surface area contributed by atoms with Gasteiger partial charge in [0.1, 0.15) is 11.6 Å². The van der Waals surface area contributed by atoms with Crippen molar-refractivity contribution in [2.24, 2.45) is 0 Å². The second-order valence-electron chi connectivity index (χ2n) is 4.96. The summed E-state index contributed by atoms with van der Waals surface area (Å²) < 4.78 is 47.1. The summed E-state index contributed by atoms with van der Waals surface area (Å²) in [6.07, 6.45) is 0. The van der Waals surface area contributed by atoms with Crippen molar-refractivity contribution in [2.75, 3.05) is 11.9 Å². The van der Waals surface area contributed by atoms with Crippen molar-refractivity contribution in [1.82, 2.24) is 0 Å². The molecule has 0 saturated heterocycles. The minimum atomic E-state index is -3.05. The molecule has 0 spiro atoms. The van der Waals surface area contributed by atoms with Crippen LogP contribution in [0, 0.1) is 12.7 Å². The maximum absolute atomic E-state index is 13.4. The Kier molecular flexibility index (Phi) is 5.99. The SMILES string of the molecule is Cc1ccc(C(=O)OCC(=O)Nc2ccccc2OC(F)F)cc1F. The minimum absolute atomic E-state index is 0.00484. The van der Waals surface area contributed by atoms with Crippen LogP contribution in [0.15, 0.2) is 42.5 Å². The number of para-hydroxylation sites is 2. The highest BCUT2D eigenvalue weighted by molar-refractivity contribution is 5.96. The minimum Gasteiger partial charge on any atom is -0.452 e. The van der Waals surface area contributed by atoms with Gasteiger partial charge in [0.05, 0.1) is 11.3 Å². The summed E-state index contributed by atoms with van der Waals surface area (Å²) in [4.78, 5) is 23.6. The molecule has 0 unspecified atom stereocenters. The molecule has 0 fully saturated rings. The van der Waals surface area contributed by atoms with Crippen molar-refractivity contribution in [2.45, 2.75) is 13.5 Å². The fraction of sp³-hybridized carbons (Fsp3) is 0.176. The number of hydrogen-bond donors (Lipinski definition) is 1. The first-order chi connectivity index (χ1) is 11.9. The largest absolute Gasteiger partial charge is 0.452 e. The molecule has 2 aromatic rings. The van der Waals surface area contributed by atoms with Gasteiger partial charge in [-0.05, 0) is 36.8 Å². The molecular weight excluding hydrogens is 339 g/mol. The summed E-state index contributed by atoms with van der Waals surface area (Å²) in [5.41, 5.74) is 0.326. The molecule has 0 aromatic heterocycles. The van der Waals surface area contributed by atoms with E-state index in [0.717, 1.165) is 6.07 Å². The van der Waals surface area contributed by atoms with Crippen LogP contribution >= 0.6 is 0 Å². The Balaban J connectivity index is 1.94. The molecule has 1 N–H and O–H groups in total. The zero-order valence-electron chi connectivity index (χ0n) is 13.1. The Morgan fingerprint density at radius 1 is 1.16 bits per heavy atom. The first-order valence-electron chi connectivity index (χ1n) is 7.14. The van der Waals surface area contributed by atoms with Gasteiger partial charge in [0, 0.05) is 0 Å². The molecule has 8 heteroatoms. The standard InChI is InChI=1S/C17H14F3NO4/c1-10-6-7-11(8-12(10)18)16(23)24-9-15(22)21-13-4-2-3-5-14(13)25-17(19)20/h2-8,17H,9H2,1H3,(H,21,22). The third kappa shape index (κ3) is 5.23. The highest BCUT2D eigenvalue weighted by Crippen LogP contribution is 2.25. The Labute approximate surface area is 141 Å². The van der Waals surface area contributed by atoms with Gasteiger partial charge in [-0.2, -0.15) is 8.78 Å². The number of benzene rings is 2. The Bertz CT molecular complexity index is 780. The topological polar surface area (TPSA) is 64.6 Å². The lowest BCUT2D eigenvalue weighted by molar-refractivity contribution is -0.119. The number of rotatable bonds is 6. The highest BCUT2D eigenvalue weighted by Gasteiger charge is 2.14. The van der Waals surface area contributed by atoms with E-state index in [-0.39, 0.29) is 17.0 Å². The molecule has 2 aromatic carbocycles. The maximum Gasteiger partial charge on any atom is 0.387 e. The molecule has 0 aliphatic carbocycles. The first kappa shape index (κ1) is 18.3. The Hall–Kier alpha value is -3.03. The van der Waals surface area contributed by atoms with E-state index in [1.165, 1.54) is 43.3 Å². The summed E-state index contributed by atoms with van der Waals surface area (Å²) in [6, 6.07) is 9.35. The predicted octanol–water partition coefficient (Wildman–Crippen LogP) is 3.53. The lowest BCUT2D eigenvalue weighted by Gasteiger charge is -2.11. The summed E-state index contributed by atoms with van der Waals surface area (Å²) in [6.45, 7) is -2.18. The number of amides is 1. The first-order valence-corrected chi connectivity index (χ1v) is 7.14. The highest BCUT2D eigenvalue weighted by atomic mass is 19.3. The third-order valence-corrected chi connectivity index (χ3v) is 3.12. The number of carbonyl (C=O) groups excluding carboxylic acids is 2. The van der Waals surface area contributed by atoms with Gasteiger partial charge >= 0.3 is 12.6 Å². The Morgan fingerprint density at radius 3 is 2.56 bits per heavy atom. The van der Waals surface area contributed by atoms with Crippen LogP contribution in [0.2, 0.25) is 0 Å². The average Bonchev–Trinajstić information content (AvgIpc) is 2.56. The van der Waals surface area contributed by atoms with Crippen molar-refractivity contribution in [3.8, 4) is 5.75 Å². The van der Waals surface area contributed by atoms with Crippen molar-refractivity contribution < 1.29 is 32.2 Å². The van der Waals surface area contributed by atoms with Crippen LogP contribution in [0.4, 0.5) is 18.9 Å². The normalized spacial score (nSPS) is 10.4. The molecule has 0 aliphatic rings. The summed E-state index contributed by atoms with van der Waals surface area (Å²) >= 11 is 0. The van der Waals surface area contributed by atoms with Crippen LogP contribution in [0.5, 0.6) is 5.75 Å². The fourth-order valence-corrected chi connectivity index (χ4v) is 1.89. The lowest BCUT2D eigenvalue weighted by atomic mass is 10.1. The second kappa shape index (κ2) is 8.18. The van der Waals surface area contributed by atoms with E-state index in [2.05, 4.69) is 10.1 Å². The number of aryl methyl sites for hydroxylation is 1. The van der Waals surface area contributed by atoms with E-state index in [1.807, 2.05) is 0 Å². The molecular formula is C17H14F3NO4. The third-order valence-electron chi connectivity index (χ3n) is 3.12. The van der Waals surface area contributed by atoms with Crippen molar-refractivity contribution in [3.05, 3.63) is 59.4 Å². The monoisotopic (exact) mass is 353 g/mol. The predicted molar refractivity (Wildman–Crippen MR) is 83.1 cm³/mol. The zero-order valence-corrected chi connectivity index (χ0v) is 13.1. The number of carbonyl (C=O) groups is 2. The van der Waals surface area contributed by atoms with E-state index in [4.69, 9.17) is 4.74 Å². The van der Waals surface area contributed by atoms with E-state index in [9.17, 15) is 22.8 Å². The Morgan fingerprint density at radius 2 is 1.88 bits per heavy atom. The van der Waals surface area contributed by atoms with E-state index in [1.54, 1.807) is 0 Å².